The van der Waals surface area contributed by atoms with Gasteiger partial charge in [-0.05, 0) is 56.1 Å². The Hall–Kier alpha value is -0.570. The summed E-state index contributed by atoms with van der Waals surface area (Å²) < 4.78 is 29.1. The fraction of sp³-hybridized carbons (Fsp3) is 0. The second kappa shape index (κ2) is 6.05. The minimum Gasteiger partial charge on any atom is -0.398 e. The second-order valence-electron chi connectivity index (χ2n) is 3.89. The molecule has 0 spiro atoms. The van der Waals surface area contributed by atoms with Crippen LogP contribution in [-0.4, -0.2) is 8.42 Å². The molecule has 0 bridgehead atoms. The smallest absolute Gasteiger partial charge is 0.265 e. The zero-order valence-electron chi connectivity index (χ0n) is 9.90. The number of hydrogen-bond acceptors (Lipinski definition) is 3. The average molecular weight is 485 g/mol. The third kappa shape index (κ3) is 3.36. The van der Waals surface area contributed by atoms with Crippen LogP contribution >= 0.6 is 47.8 Å². The summed E-state index contributed by atoms with van der Waals surface area (Å²) in [4.78, 5) is 0.0106. The van der Waals surface area contributed by atoms with Crippen molar-refractivity contribution < 1.29 is 8.42 Å². The summed E-state index contributed by atoms with van der Waals surface area (Å²) in [7, 11) is -3.79. The quantitative estimate of drug-likeness (QED) is 0.636. The fourth-order valence-electron chi connectivity index (χ4n) is 1.60. The van der Waals surface area contributed by atoms with Gasteiger partial charge in [0.15, 0.2) is 0 Å². The van der Waals surface area contributed by atoms with Crippen LogP contribution < -0.4 is 10.5 Å². The molecule has 0 fully saturated rings. The second-order valence-corrected chi connectivity index (χ2v) is 8.13. The highest BCUT2D eigenvalue weighted by atomic mass is 79.9. The molecule has 0 atom stereocenters. The highest BCUT2D eigenvalue weighted by Gasteiger charge is 2.22. The van der Waals surface area contributed by atoms with Crippen molar-refractivity contribution in [1.82, 2.24) is 0 Å². The van der Waals surface area contributed by atoms with Crippen molar-refractivity contribution in [3.05, 3.63) is 49.8 Å². The molecule has 0 aliphatic carbocycles. The lowest BCUT2D eigenvalue weighted by Crippen LogP contribution is -2.15. The standard InChI is InChI=1S/C12H9Br3N2O2S/c13-7-5-9(15)12(10(16)6-7)20(18,19)17-11-4-2-1-3-8(11)14/h1-6,17H,16H2. The van der Waals surface area contributed by atoms with Crippen molar-refractivity contribution in [2.45, 2.75) is 4.90 Å². The zero-order valence-corrected chi connectivity index (χ0v) is 15.5. The minimum atomic E-state index is -3.79. The number of nitrogens with two attached hydrogens (primary N) is 1. The maximum absolute atomic E-state index is 12.4. The first kappa shape index (κ1) is 15.8. The van der Waals surface area contributed by atoms with Crippen molar-refractivity contribution in [3.63, 3.8) is 0 Å². The molecule has 8 heteroatoms. The van der Waals surface area contributed by atoms with Crippen LogP contribution in [0.15, 0.2) is 54.7 Å². The van der Waals surface area contributed by atoms with E-state index >= 15 is 0 Å². The van der Waals surface area contributed by atoms with Crippen LogP contribution in [0.2, 0.25) is 0 Å². The summed E-state index contributed by atoms with van der Waals surface area (Å²) in [6.07, 6.45) is 0. The molecule has 0 aromatic heterocycles. The first-order chi connectivity index (χ1) is 9.31. The number of rotatable bonds is 3. The molecular weight excluding hydrogens is 476 g/mol. The van der Waals surface area contributed by atoms with Crippen LogP contribution in [0.1, 0.15) is 0 Å². The number of anilines is 2. The zero-order chi connectivity index (χ0) is 14.9. The van der Waals surface area contributed by atoms with Gasteiger partial charge in [0.2, 0.25) is 0 Å². The van der Waals surface area contributed by atoms with Gasteiger partial charge in [0, 0.05) is 13.4 Å². The van der Waals surface area contributed by atoms with Gasteiger partial charge in [0.05, 0.1) is 11.4 Å². The number of hydrogen-bond donors (Lipinski definition) is 2. The van der Waals surface area contributed by atoms with Gasteiger partial charge in [0.1, 0.15) is 4.90 Å². The molecular formula is C12H9Br3N2O2S. The summed E-state index contributed by atoms with van der Waals surface area (Å²) in [6.45, 7) is 0. The van der Waals surface area contributed by atoms with E-state index in [0.29, 0.717) is 19.1 Å². The van der Waals surface area contributed by atoms with Crippen LogP contribution in [0.25, 0.3) is 0 Å². The molecule has 2 aromatic rings. The summed E-state index contributed by atoms with van der Waals surface area (Å²) in [5, 5.41) is 0. The van der Waals surface area contributed by atoms with Gasteiger partial charge in [-0.1, -0.05) is 28.1 Å². The molecule has 0 amide bonds. The number of sulfonamides is 1. The van der Waals surface area contributed by atoms with E-state index in [1.54, 1.807) is 36.4 Å². The van der Waals surface area contributed by atoms with Gasteiger partial charge in [-0.15, -0.1) is 0 Å². The van der Waals surface area contributed by atoms with Crippen LogP contribution in [0.4, 0.5) is 11.4 Å². The average Bonchev–Trinajstić information content (AvgIpc) is 2.30. The summed E-state index contributed by atoms with van der Waals surface area (Å²) >= 11 is 9.78. The van der Waals surface area contributed by atoms with E-state index in [4.69, 9.17) is 5.73 Å². The van der Waals surface area contributed by atoms with Gasteiger partial charge in [-0.2, -0.15) is 0 Å². The van der Waals surface area contributed by atoms with E-state index in [9.17, 15) is 8.42 Å². The van der Waals surface area contributed by atoms with E-state index in [1.807, 2.05) is 0 Å². The minimum absolute atomic E-state index is 0.0106. The Bertz CT molecular complexity index is 740. The van der Waals surface area contributed by atoms with Crippen molar-refractivity contribution >= 4 is 69.2 Å². The summed E-state index contributed by atoms with van der Waals surface area (Å²) in [6, 6.07) is 10.1. The number of nitrogens with one attached hydrogen (secondary N) is 1. The lowest BCUT2D eigenvalue weighted by Gasteiger charge is -2.13. The third-order valence-corrected chi connectivity index (χ3v) is 5.94. The Morgan fingerprint density at radius 2 is 1.65 bits per heavy atom. The van der Waals surface area contributed by atoms with Crippen LogP contribution in [-0.2, 0) is 10.0 Å². The molecule has 0 unspecified atom stereocenters. The molecule has 0 aliphatic heterocycles. The lowest BCUT2D eigenvalue weighted by atomic mass is 10.3. The Balaban J connectivity index is 2.50. The molecule has 106 valence electrons. The molecule has 0 saturated heterocycles. The predicted molar refractivity (Wildman–Crippen MR) is 91.2 cm³/mol. The van der Waals surface area contributed by atoms with Crippen molar-refractivity contribution in [2.24, 2.45) is 0 Å². The maximum atomic E-state index is 12.4. The van der Waals surface area contributed by atoms with E-state index < -0.39 is 10.0 Å². The Morgan fingerprint density at radius 1 is 1.00 bits per heavy atom. The number of halogens is 3. The number of para-hydroxylation sites is 1. The Kier molecular flexibility index (Phi) is 4.78. The van der Waals surface area contributed by atoms with Gasteiger partial charge < -0.3 is 5.73 Å². The van der Waals surface area contributed by atoms with E-state index in [0.717, 1.165) is 0 Å². The molecule has 2 rings (SSSR count). The SMILES string of the molecule is Nc1cc(Br)cc(Br)c1S(=O)(=O)Nc1ccccc1Br. The van der Waals surface area contributed by atoms with E-state index in [1.165, 1.54) is 0 Å². The van der Waals surface area contributed by atoms with Crippen LogP contribution in [0, 0.1) is 0 Å². The van der Waals surface area contributed by atoms with Gasteiger partial charge >= 0.3 is 0 Å². The predicted octanol–water partition coefficient (Wildman–Crippen LogP) is 4.36. The normalized spacial score (nSPS) is 11.3. The van der Waals surface area contributed by atoms with Gasteiger partial charge in [0.25, 0.3) is 10.0 Å². The van der Waals surface area contributed by atoms with E-state index in [-0.39, 0.29) is 10.6 Å². The Labute approximate surface area is 142 Å². The molecule has 4 nitrogen and oxygen atoms in total. The van der Waals surface area contributed by atoms with Crippen molar-refractivity contribution in [1.29, 1.82) is 0 Å². The van der Waals surface area contributed by atoms with Gasteiger partial charge in [-0.25, -0.2) is 8.42 Å². The van der Waals surface area contributed by atoms with Crippen molar-refractivity contribution in [2.75, 3.05) is 10.5 Å². The lowest BCUT2D eigenvalue weighted by molar-refractivity contribution is 0.601. The van der Waals surface area contributed by atoms with Crippen molar-refractivity contribution in [3.8, 4) is 0 Å². The first-order valence-corrected chi connectivity index (χ1v) is 9.19. The molecule has 20 heavy (non-hydrogen) atoms. The van der Waals surface area contributed by atoms with Crippen LogP contribution in [0.5, 0.6) is 0 Å². The molecule has 2 aromatic carbocycles. The third-order valence-electron chi connectivity index (χ3n) is 2.42. The summed E-state index contributed by atoms with van der Waals surface area (Å²) in [5.41, 5.74) is 6.41. The highest BCUT2D eigenvalue weighted by molar-refractivity contribution is 9.11. The summed E-state index contributed by atoms with van der Waals surface area (Å²) in [5.74, 6) is 0. The fourth-order valence-corrected chi connectivity index (χ4v) is 5.27. The molecule has 0 saturated carbocycles. The largest absolute Gasteiger partial charge is 0.398 e. The van der Waals surface area contributed by atoms with Gasteiger partial charge in [-0.3, -0.25) is 4.72 Å². The molecule has 3 N–H and O–H groups in total. The molecule has 0 heterocycles. The molecule has 0 aliphatic rings. The monoisotopic (exact) mass is 482 g/mol. The number of nitrogen functional groups attached to an aromatic ring is 1. The number of benzene rings is 2. The maximum Gasteiger partial charge on any atom is 0.265 e. The first-order valence-electron chi connectivity index (χ1n) is 5.33. The van der Waals surface area contributed by atoms with E-state index in [2.05, 4.69) is 52.5 Å². The highest BCUT2D eigenvalue weighted by Crippen LogP contribution is 2.33. The molecule has 0 radical (unpaired) electrons. The van der Waals surface area contributed by atoms with Crippen LogP contribution in [0.3, 0.4) is 0 Å². The Morgan fingerprint density at radius 3 is 2.25 bits per heavy atom. The topological polar surface area (TPSA) is 72.2 Å².